The molecule has 12 heavy (non-hydrogen) atoms. The molecular weight excluding hydrogens is 182 g/mol. The molecule has 0 aromatic carbocycles. The van der Waals surface area contributed by atoms with Crippen LogP contribution in [0, 0.1) is 0 Å². The lowest BCUT2D eigenvalue weighted by Gasteiger charge is -2.14. The van der Waals surface area contributed by atoms with Gasteiger partial charge in [0.05, 0.1) is 13.2 Å². The van der Waals surface area contributed by atoms with Gasteiger partial charge in [-0.25, -0.2) is 0 Å². The predicted octanol–water partition coefficient (Wildman–Crippen LogP) is -0.0419. The molecule has 1 aliphatic rings. The molecule has 1 saturated heterocycles. The van der Waals surface area contributed by atoms with Crippen molar-refractivity contribution in [2.45, 2.75) is 18.6 Å². The van der Waals surface area contributed by atoms with Crippen LogP contribution < -0.4 is 5.32 Å². The minimum absolute atomic E-state index is 0. The fourth-order valence-corrected chi connectivity index (χ4v) is 1.30. The molecule has 0 aliphatic carbocycles. The van der Waals surface area contributed by atoms with E-state index in [0.717, 1.165) is 13.0 Å². The van der Waals surface area contributed by atoms with Crippen LogP contribution in [0.1, 0.15) is 6.42 Å². The lowest BCUT2D eigenvalue weighted by Crippen LogP contribution is -2.40. The first-order chi connectivity index (χ1) is 5.29. The highest BCUT2D eigenvalue weighted by atomic mass is 35.5. The van der Waals surface area contributed by atoms with Crippen LogP contribution in [-0.4, -0.2) is 38.9 Å². The van der Waals surface area contributed by atoms with Crippen molar-refractivity contribution in [1.82, 2.24) is 5.32 Å². The molecule has 0 bridgehead atoms. The van der Waals surface area contributed by atoms with Crippen LogP contribution >= 0.6 is 12.4 Å². The van der Waals surface area contributed by atoms with Gasteiger partial charge in [0.15, 0.2) is 0 Å². The number of carbonyl (C=O) groups excluding carboxylic acids is 1. The second kappa shape index (κ2) is 5.35. The van der Waals surface area contributed by atoms with Crippen LogP contribution in [0.3, 0.4) is 0 Å². The first-order valence-electron chi connectivity index (χ1n) is 3.63. The lowest BCUT2D eigenvalue weighted by atomic mass is 10.2. The number of nitrogens with one attached hydrogen (secondary N) is 1. The molecular formula is C7H14ClNO3. The summed E-state index contributed by atoms with van der Waals surface area (Å²) >= 11 is 0. The molecule has 1 aliphatic heterocycles. The monoisotopic (exact) mass is 195 g/mol. The van der Waals surface area contributed by atoms with Crippen molar-refractivity contribution in [3.05, 3.63) is 0 Å². The van der Waals surface area contributed by atoms with Gasteiger partial charge in [0.2, 0.25) is 0 Å². The smallest absolute Gasteiger partial charge is 0.325 e. The Hall–Kier alpha value is -0.320. The van der Waals surface area contributed by atoms with Crippen LogP contribution in [0.15, 0.2) is 0 Å². The van der Waals surface area contributed by atoms with Crippen LogP contribution in [0.2, 0.25) is 0 Å². The number of hydrogen-bond acceptors (Lipinski definition) is 4. The third-order valence-corrected chi connectivity index (χ3v) is 1.92. The largest absolute Gasteiger partial charge is 0.468 e. The maximum absolute atomic E-state index is 11.0. The summed E-state index contributed by atoms with van der Waals surface area (Å²) in [5.74, 6) is -0.241. The molecule has 1 N–H and O–H groups in total. The summed E-state index contributed by atoms with van der Waals surface area (Å²) < 4.78 is 9.67. The van der Waals surface area contributed by atoms with Crippen LogP contribution in [-0.2, 0) is 14.3 Å². The van der Waals surface area contributed by atoms with E-state index in [0.29, 0.717) is 0 Å². The highest BCUT2D eigenvalue weighted by Gasteiger charge is 2.33. The quantitative estimate of drug-likeness (QED) is 0.629. The van der Waals surface area contributed by atoms with E-state index in [-0.39, 0.29) is 30.5 Å². The first-order valence-corrected chi connectivity index (χ1v) is 3.63. The Morgan fingerprint density at radius 1 is 1.50 bits per heavy atom. The standard InChI is InChI=1S/C7H13NO3.ClH/c1-10-5-3-4-8-6(5)7(9)11-2;/h5-6,8H,3-4H2,1-2H3;1H/t5-,6-;/m0./s1. The topological polar surface area (TPSA) is 47.6 Å². The van der Waals surface area contributed by atoms with Crippen molar-refractivity contribution in [3.63, 3.8) is 0 Å². The molecule has 0 spiro atoms. The first kappa shape index (κ1) is 11.7. The molecule has 1 heterocycles. The van der Waals surface area contributed by atoms with Gasteiger partial charge in [-0.15, -0.1) is 12.4 Å². The van der Waals surface area contributed by atoms with Crippen LogP contribution in [0.25, 0.3) is 0 Å². The third-order valence-electron chi connectivity index (χ3n) is 1.92. The molecule has 2 atom stereocenters. The van der Waals surface area contributed by atoms with Gasteiger partial charge in [0.25, 0.3) is 0 Å². The number of methoxy groups -OCH3 is 2. The normalized spacial score (nSPS) is 27.8. The summed E-state index contributed by atoms with van der Waals surface area (Å²) in [5.41, 5.74) is 0. The minimum Gasteiger partial charge on any atom is -0.468 e. The van der Waals surface area contributed by atoms with Crippen LogP contribution in [0.5, 0.6) is 0 Å². The van der Waals surface area contributed by atoms with Crippen LogP contribution in [0.4, 0.5) is 0 Å². The van der Waals surface area contributed by atoms with Gasteiger partial charge in [-0.3, -0.25) is 4.79 Å². The van der Waals surface area contributed by atoms with Gasteiger partial charge >= 0.3 is 5.97 Å². The Labute approximate surface area is 78.0 Å². The number of hydrogen-bond donors (Lipinski definition) is 1. The SMILES string of the molecule is COC(=O)[C@H]1NCC[C@@H]1OC.Cl. The summed E-state index contributed by atoms with van der Waals surface area (Å²) in [6.45, 7) is 0.818. The van der Waals surface area contributed by atoms with Gasteiger partial charge in [-0.2, -0.15) is 0 Å². The average molecular weight is 196 g/mol. The van der Waals surface area contributed by atoms with E-state index in [4.69, 9.17) is 4.74 Å². The fourth-order valence-electron chi connectivity index (χ4n) is 1.30. The minimum atomic E-state index is -0.273. The van der Waals surface area contributed by atoms with Crippen molar-refractivity contribution in [2.75, 3.05) is 20.8 Å². The van der Waals surface area contributed by atoms with Crippen molar-refractivity contribution < 1.29 is 14.3 Å². The van der Waals surface area contributed by atoms with Gasteiger partial charge in [0.1, 0.15) is 6.04 Å². The zero-order valence-corrected chi connectivity index (χ0v) is 8.02. The number of halogens is 1. The zero-order valence-electron chi connectivity index (χ0n) is 7.20. The van der Waals surface area contributed by atoms with E-state index in [1.165, 1.54) is 7.11 Å². The fraction of sp³-hybridized carbons (Fsp3) is 0.857. The second-order valence-corrected chi connectivity index (χ2v) is 2.52. The van der Waals surface area contributed by atoms with Gasteiger partial charge < -0.3 is 14.8 Å². The summed E-state index contributed by atoms with van der Waals surface area (Å²) in [4.78, 5) is 11.0. The van der Waals surface area contributed by atoms with Crippen molar-refractivity contribution in [1.29, 1.82) is 0 Å². The van der Waals surface area contributed by atoms with E-state index < -0.39 is 0 Å². The molecule has 4 nitrogen and oxygen atoms in total. The number of rotatable bonds is 2. The molecule has 0 saturated carbocycles. The van der Waals surface area contributed by atoms with Gasteiger partial charge in [0, 0.05) is 7.11 Å². The van der Waals surface area contributed by atoms with Crippen molar-refractivity contribution in [3.8, 4) is 0 Å². The van der Waals surface area contributed by atoms with E-state index in [2.05, 4.69) is 10.1 Å². The third kappa shape index (κ3) is 2.33. The molecule has 0 unspecified atom stereocenters. The van der Waals surface area contributed by atoms with Crippen molar-refractivity contribution in [2.24, 2.45) is 0 Å². The number of carbonyl (C=O) groups is 1. The van der Waals surface area contributed by atoms with Gasteiger partial charge in [-0.05, 0) is 13.0 Å². The summed E-state index contributed by atoms with van der Waals surface area (Å²) in [5, 5.41) is 3.01. The predicted molar refractivity (Wildman–Crippen MR) is 46.5 cm³/mol. The van der Waals surface area contributed by atoms with E-state index in [1.54, 1.807) is 7.11 Å². The van der Waals surface area contributed by atoms with E-state index in [1.807, 2.05) is 0 Å². The van der Waals surface area contributed by atoms with Crippen molar-refractivity contribution >= 4 is 18.4 Å². The summed E-state index contributed by atoms with van der Waals surface area (Å²) in [6, 6.07) is -0.273. The number of esters is 1. The Balaban J connectivity index is 0.00000121. The number of ether oxygens (including phenoxy) is 2. The molecule has 72 valence electrons. The van der Waals surface area contributed by atoms with E-state index in [9.17, 15) is 4.79 Å². The molecule has 0 radical (unpaired) electrons. The zero-order chi connectivity index (χ0) is 8.27. The Morgan fingerprint density at radius 2 is 2.17 bits per heavy atom. The maximum Gasteiger partial charge on any atom is 0.325 e. The second-order valence-electron chi connectivity index (χ2n) is 2.52. The lowest BCUT2D eigenvalue weighted by molar-refractivity contribution is -0.145. The summed E-state index contributed by atoms with van der Waals surface area (Å²) in [6.07, 6.45) is 0.846. The van der Waals surface area contributed by atoms with Gasteiger partial charge in [-0.1, -0.05) is 0 Å². The maximum atomic E-state index is 11.0. The molecule has 0 aromatic rings. The van der Waals surface area contributed by atoms with E-state index >= 15 is 0 Å². The molecule has 1 rings (SSSR count). The molecule has 0 amide bonds. The molecule has 1 fully saturated rings. The molecule has 5 heteroatoms. The Morgan fingerprint density at radius 3 is 2.67 bits per heavy atom. The average Bonchev–Trinajstić information content (AvgIpc) is 2.50. The Bertz CT molecular complexity index is 154. The highest BCUT2D eigenvalue weighted by Crippen LogP contribution is 2.11. The molecule has 0 aromatic heterocycles. The summed E-state index contributed by atoms with van der Waals surface area (Å²) in [7, 11) is 2.99. The Kier molecular flexibility index (Phi) is 5.20. The highest BCUT2D eigenvalue weighted by molar-refractivity contribution is 5.85.